The minimum atomic E-state index is -0.622. The second-order valence-electron chi connectivity index (χ2n) is 8.45. The van der Waals surface area contributed by atoms with E-state index in [4.69, 9.17) is 4.74 Å². The van der Waals surface area contributed by atoms with E-state index in [9.17, 15) is 24.5 Å². The number of nitro groups is 1. The topological polar surface area (TPSA) is 122 Å². The van der Waals surface area contributed by atoms with Crippen molar-refractivity contribution in [3.63, 3.8) is 0 Å². The van der Waals surface area contributed by atoms with Gasteiger partial charge in [0, 0.05) is 30.2 Å². The van der Waals surface area contributed by atoms with E-state index in [0.717, 1.165) is 15.7 Å². The van der Waals surface area contributed by atoms with Gasteiger partial charge >= 0.3 is 0 Å². The maximum atomic E-state index is 12.9. The van der Waals surface area contributed by atoms with Gasteiger partial charge in [-0.3, -0.25) is 29.4 Å². The highest BCUT2D eigenvalue weighted by Crippen LogP contribution is 2.35. The number of fused-ring (bicyclic) bond motifs is 1. The lowest BCUT2D eigenvalue weighted by Crippen LogP contribution is -2.36. The fourth-order valence-electron chi connectivity index (χ4n) is 4.30. The van der Waals surface area contributed by atoms with Crippen molar-refractivity contribution in [1.29, 1.82) is 0 Å². The van der Waals surface area contributed by atoms with Crippen LogP contribution in [0.2, 0.25) is 0 Å². The Balaban J connectivity index is 1.32. The molecule has 3 aromatic rings. The Hall–Kier alpha value is -4.22. The van der Waals surface area contributed by atoms with Crippen molar-refractivity contribution in [3.05, 3.63) is 81.2 Å². The Morgan fingerprint density at radius 1 is 1.08 bits per heavy atom. The third kappa shape index (κ3) is 5.18. The highest BCUT2D eigenvalue weighted by molar-refractivity contribution is 8.18. The number of amides is 3. The molecule has 2 heterocycles. The summed E-state index contributed by atoms with van der Waals surface area (Å²) in [5.41, 5.74) is 1.38. The molecule has 11 heteroatoms. The number of carbonyl (C=O) groups excluding carboxylic acids is 3. The first-order chi connectivity index (χ1) is 17.9. The number of thioether (sulfide) groups is 1. The normalized spacial score (nSPS) is 17.0. The molecule has 0 unspecified atom stereocenters. The van der Waals surface area contributed by atoms with Gasteiger partial charge < -0.3 is 15.0 Å². The molecule has 0 aromatic heterocycles. The van der Waals surface area contributed by atoms with Crippen LogP contribution in [0.3, 0.4) is 0 Å². The molecule has 37 heavy (non-hydrogen) atoms. The van der Waals surface area contributed by atoms with E-state index >= 15 is 0 Å². The summed E-state index contributed by atoms with van der Waals surface area (Å²) in [5.74, 6) is -1.13. The second kappa shape index (κ2) is 10.4. The van der Waals surface area contributed by atoms with Crippen LogP contribution < -0.4 is 10.2 Å². The van der Waals surface area contributed by atoms with Gasteiger partial charge in [0.1, 0.15) is 12.2 Å². The number of rotatable bonds is 6. The number of imide groups is 1. The minimum absolute atomic E-state index is 0.0932. The molecule has 0 atom stereocenters. The maximum Gasteiger partial charge on any atom is 0.294 e. The zero-order valence-electron chi connectivity index (χ0n) is 19.6. The van der Waals surface area contributed by atoms with E-state index in [1.807, 2.05) is 41.3 Å². The van der Waals surface area contributed by atoms with Gasteiger partial charge in [-0.1, -0.05) is 42.5 Å². The molecule has 2 aliphatic rings. The molecule has 10 nitrogen and oxygen atoms in total. The van der Waals surface area contributed by atoms with E-state index in [2.05, 4.69) is 5.32 Å². The molecule has 3 amide bonds. The van der Waals surface area contributed by atoms with Crippen LogP contribution >= 0.6 is 11.8 Å². The summed E-state index contributed by atoms with van der Waals surface area (Å²) >= 11 is 0.696. The quantitative estimate of drug-likeness (QED) is 0.292. The summed E-state index contributed by atoms with van der Waals surface area (Å²) < 4.78 is 5.32. The van der Waals surface area contributed by atoms with Crippen molar-refractivity contribution in [3.8, 4) is 0 Å². The van der Waals surface area contributed by atoms with Gasteiger partial charge in [-0.15, -0.1) is 0 Å². The number of nitro benzene ring substituents is 1. The number of morpholine rings is 1. The molecule has 2 aliphatic heterocycles. The number of nitrogens with zero attached hydrogens (tertiary/aromatic N) is 3. The predicted molar refractivity (Wildman–Crippen MR) is 141 cm³/mol. The maximum absolute atomic E-state index is 12.9. The van der Waals surface area contributed by atoms with Crippen LogP contribution in [0.1, 0.15) is 5.56 Å². The standard InChI is InChI=1S/C26H22N4O6S/c31-24(27-20-7-3-5-18-4-1-2-6-19(18)20)16-29-25(32)23(37-26(29)33)15-17-8-9-21(22(14-17)30(34)35)28-10-12-36-13-11-28/h1-9,14-15H,10-13,16H2,(H,27,31)/b23-15-. The summed E-state index contributed by atoms with van der Waals surface area (Å²) in [7, 11) is 0. The van der Waals surface area contributed by atoms with Crippen molar-refractivity contribution in [2.75, 3.05) is 43.1 Å². The molecule has 0 radical (unpaired) electrons. The molecular weight excluding hydrogens is 496 g/mol. The van der Waals surface area contributed by atoms with E-state index in [-0.39, 0.29) is 10.6 Å². The summed E-state index contributed by atoms with van der Waals surface area (Å²) in [6.45, 7) is 1.61. The lowest BCUT2D eigenvalue weighted by molar-refractivity contribution is -0.384. The van der Waals surface area contributed by atoms with Crippen molar-refractivity contribution in [2.24, 2.45) is 0 Å². The lowest BCUT2D eigenvalue weighted by Gasteiger charge is -2.28. The first kappa shape index (κ1) is 24.5. The van der Waals surface area contributed by atoms with Crippen LogP contribution in [-0.4, -0.2) is 59.7 Å². The van der Waals surface area contributed by atoms with Crippen LogP contribution in [0.15, 0.2) is 65.6 Å². The van der Waals surface area contributed by atoms with E-state index < -0.39 is 28.5 Å². The lowest BCUT2D eigenvalue weighted by atomic mass is 10.1. The van der Waals surface area contributed by atoms with Crippen LogP contribution in [0, 0.1) is 10.1 Å². The third-order valence-electron chi connectivity index (χ3n) is 6.08. The summed E-state index contributed by atoms with van der Waals surface area (Å²) in [6.07, 6.45) is 1.43. The predicted octanol–water partition coefficient (Wildman–Crippen LogP) is 4.26. The SMILES string of the molecule is O=C(CN1C(=O)S/C(=C\c2ccc(N3CCOCC3)c([N+](=O)[O-])c2)C1=O)Nc1cccc2ccccc12. The second-order valence-corrected chi connectivity index (χ2v) is 9.44. The zero-order chi connectivity index (χ0) is 25.9. The average molecular weight is 519 g/mol. The molecule has 0 aliphatic carbocycles. The van der Waals surface area contributed by atoms with E-state index in [1.165, 1.54) is 12.1 Å². The molecule has 0 spiro atoms. The van der Waals surface area contributed by atoms with Crippen molar-refractivity contribution in [2.45, 2.75) is 0 Å². The monoisotopic (exact) mass is 518 g/mol. The number of hydrogen-bond acceptors (Lipinski definition) is 8. The van der Waals surface area contributed by atoms with Crippen LogP contribution in [-0.2, 0) is 14.3 Å². The van der Waals surface area contributed by atoms with Gasteiger partial charge in [-0.25, -0.2) is 0 Å². The van der Waals surface area contributed by atoms with Crippen LogP contribution in [0.4, 0.5) is 21.9 Å². The highest BCUT2D eigenvalue weighted by atomic mass is 32.2. The molecule has 0 bridgehead atoms. The average Bonchev–Trinajstić information content (AvgIpc) is 3.16. The van der Waals surface area contributed by atoms with Gasteiger partial charge in [0.05, 0.1) is 23.0 Å². The third-order valence-corrected chi connectivity index (χ3v) is 6.99. The van der Waals surface area contributed by atoms with Gasteiger partial charge in [-0.05, 0) is 40.9 Å². The number of carbonyl (C=O) groups is 3. The molecule has 2 fully saturated rings. The number of benzene rings is 3. The van der Waals surface area contributed by atoms with E-state index in [0.29, 0.717) is 55.0 Å². The first-order valence-electron chi connectivity index (χ1n) is 11.5. The highest BCUT2D eigenvalue weighted by Gasteiger charge is 2.36. The van der Waals surface area contributed by atoms with Crippen LogP contribution in [0.25, 0.3) is 16.8 Å². The number of anilines is 2. The summed E-state index contributed by atoms with van der Waals surface area (Å²) in [5, 5.41) is 15.7. The van der Waals surface area contributed by atoms with Crippen molar-refractivity contribution in [1.82, 2.24) is 4.90 Å². The van der Waals surface area contributed by atoms with Gasteiger partial charge in [0.15, 0.2) is 0 Å². The smallest absolute Gasteiger partial charge is 0.294 e. The Bertz CT molecular complexity index is 1440. The van der Waals surface area contributed by atoms with Crippen molar-refractivity contribution >= 4 is 62.7 Å². The Labute approximate surface area is 216 Å². The van der Waals surface area contributed by atoms with Gasteiger partial charge in [0.25, 0.3) is 16.8 Å². The molecule has 2 saturated heterocycles. The Morgan fingerprint density at radius 2 is 1.84 bits per heavy atom. The number of ether oxygens (including phenoxy) is 1. The van der Waals surface area contributed by atoms with E-state index in [1.54, 1.807) is 18.2 Å². The minimum Gasteiger partial charge on any atom is -0.378 e. The molecule has 188 valence electrons. The number of nitrogens with one attached hydrogen (secondary N) is 1. The molecule has 5 rings (SSSR count). The molecule has 3 aromatic carbocycles. The fourth-order valence-corrected chi connectivity index (χ4v) is 5.14. The molecule has 1 N–H and O–H groups in total. The Kier molecular flexibility index (Phi) is 6.89. The first-order valence-corrected chi connectivity index (χ1v) is 12.4. The largest absolute Gasteiger partial charge is 0.378 e. The number of hydrogen-bond donors (Lipinski definition) is 1. The molecule has 0 saturated carbocycles. The van der Waals surface area contributed by atoms with Crippen molar-refractivity contribution < 1.29 is 24.0 Å². The van der Waals surface area contributed by atoms with Gasteiger partial charge in [-0.2, -0.15) is 0 Å². The fraction of sp³-hybridized carbons (Fsp3) is 0.192. The van der Waals surface area contributed by atoms with Crippen LogP contribution in [0.5, 0.6) is 0 Å². The summed E-state index contributed by atoms with van der Waals surface area (Å²) in [6, 6.07) is 17.7. The summed E-state index contributed by atoms with van der Waals surface area (Å²) in [4.78, 5) is 52.3. The molecular formula is C26H22N4O6S. The van der Waals surface area contributed by atoms with Gasteiger partial charge in [0.2, 0.25) is 5.91 Å². The zero-order valence-corrected chi connectivity index (χ0v) is 20.4. The Morgan fingerprint density at radius 3 is 2.62 bits per heavy atom.